The number of anilines is 1. The Bertz CT molecular complexity index is 468. The molecule has 0 radical (unpaired) electrons. The predicted molar refractivity (Wildman–Crippen MR) is 74.1 cm³/mol. The Balaban J connectivity index is 2.02. The van der Waals surface area contributed by atoms with E-state index in [4.69, 9.17) is 0 Å². The molecular formula is C14H19N3O2. The second-order valence-electron chi connectivity index (χ2n) is 4.65. The Morgan fingerprint density at radius 2 is 2.16 bits per heavy atom. The van der Waals surface area contributed by atoms with Gasteiger partial charge in [0, 0.05) is 18.3 Å². The van der Waals surface area contributed by atoms with Gasteiger partial charge in [0.25, 0.3) is 5.91 Å². The zero-order valence-electron chi connectivity index (χ0n) is 11.0. The highest BCUT2D eigenvalue weighted by Crippen LogP contribution is 2.13. The predicted octanol–water partition coefficient (Wildman–Crippen LogP) is 1.13. The molecule has 0 aliphatic carbocycles. The zero-order valence-corrected chi connectivity index (χ0v) is 11.0. The number of piperidine rings is 1. The highest BCUT2D eigenvalue weighted by Gasteiger charge is 2.20. The maximum Gasteiger partial charge on any atom is 0.251 e. The Kier molecular flexibility index (Phi) is 4.52. The van der Waals surface area contributed by atoms with E-state index in [9.17, 15) is 9.59 Å². The maximum absolute atomic E-state index is 12.0. The minimum atomic E-state index is -0.160. The number of hydrogen-bond acceptors (Lipinski definition) is 3. The van der Waals surface area contributed by atoms with Crippen molar-refractivity contribution in [3.05, 3.63) is 29.8 Å². The minimum absolute atomic E-state index is 0.0336. The summed E-state index contributed by atoms with van der Waals surface area (Å²) in [6.45, 7) is 0.885. The first-order chi connectivity index (χ1) is 9.20. The van der Waals surface area contributed by atoms with Crippen molar-refractivity contribution < 1.29 is 9.59 Å². The number of nitrogens with one attached hydrogen (secondary N) is 3. The second kappa shape index (κ2) is 6.33. The Hall–Kier alpha value is -1.88. The van der Waals surface area contributed by atoms with Crippen LogP contribution < -0.4 is 16.0 Å². The molecule has 1 atom stereocenters. The van der Waals surface area contributed by atoms with E-state index in [1.807, 2.05) is 0 Å². The molecule has 2 amide bonds. The Morgan fingerprint density at radius 1 is 1.32 bits per heavy atom. The molecule has 1 aromatic rings. The van der Waals surface area contributed by atoms with Crippen LogP contribution in [0.1, 0.15) is 29.6 Å². The number of rotatable bonds is 3. The van der Waals surface area contributed by atoms with Crippen LogP contribution in [0.25, 0.3) is 0 Å². The summed E-state index contributed by atoms with van der Waals surface area (Å²) in [6.07, 6.45) is 3.06. The first kappa shape index (κ1) is 13.5. The molecular weight excluding hydrogens is 242 g/mol. The van der Waals surface area contributed by atoms with Gasteiger partial charge in [0.1, 0.15) is 0 Å². The minimum Gasteiger partial charge on any atom is -0.355 e. The number of carbonyl (C=O) groups is 2. The molecule has 1 fully saturated rings. The molecule has 0 unspecified atom stereocenters. The normalized spacial score (nSPS) is 18.7. The van der Waals surface area contributed by atoms with Crippen molar-refractivity contribution in [3.8, 4) is 0 Å². The molecule has 0 spiro atoms. The van der Waals surface area contributed by atoms with Crippen LogP contribution in [0.3, 0.4) is 0 Å². The highest BCUT2D eigenvalue weighted by atomic mass is 16.2. The molecule has 1 saturated heterocycles. The molecule has 0 bridgehead atoms. The Morgan fingerprint density at radius 3 is 2.84 bits per heavy atom. The van der Waals surface area contributed by atoms with Crippen molar-refractivity contribution >= 4 is 17.5 Å². The van der Waals surface area contributed by atoms with Gasteiger partial charge in [-0.3, -0.25) is 9.59 Å². The largest absolute Gasteiger partial charge is 0.355 e. The van der Waals surface area contributed by atoms with Gasteiger partial charge in [-0.25, -0.2) is 0 Å². The third-order valence-electron chi connectivity index (χ3n) is 3.25. The van der Waals surface area contributed by atoms with Gasteiger partial charge in [0.05, 0.1) is 6.04 Å². The smallest absolute Gasteiger partial charge is 0.251 e. The molecule has 5 nitrogen and oxygen atoms in total. The molecule has 1 aliphatic heterocycles. The van der Waals surface area contributed by atoms with Gasteiger partial charge < -0.3 is 16.0 Å². The molecule has 3 N–H and O–H groups in total. The van der Waals surface area contributed by atoms with Gasteiger partial charge in [0.15, 0.2) is 0 Å². The van der Waals surface area contributed by atoms with Gasteiger partial charge in [-0.15, -0.1) is 0 Å². The summed E-state index contributed by atoms with van der Waals surface area (Å²) >= 11 is 0. The summed E-state index contributed by atoms with van der Waals surface area (Å²) < 4.78 is 0. The lowest BCUT2D eigenvalue weighted by atomic mass is 10.0. The lowest BCUT2D eigenvalue weighted by Crippen LogP contribution is -2.43. The summed E-state index contributed by atoms with van der Waals surface area (Å²) in [5.41, 5.74) is 1.19. The topological polar surface area (TPSA) is 70.2 Å². The molecule has 102 valence electrons. The average molecular weight is 261 g/mol. The third-order valence-corrected chi connectivity index (χ3v) is 3.25. The van der Waals surface area contributed by atoms with Crippen molar-refractivity contribution in [3.63, 3.8) is 0 Å². The third kappa shape index (κ3) is 3.54. The Labute approximate surface area is 112 Å². The van der Waals surface area contributed by atoms with Crippen LogP contribution in [0.2, 0.25) is 0 Å². The van der Waals surface area contributed by atoms with Gasteiger partial charge in [-0.05, 0) is 37.6 Å². The van der Waals surface area contributed by atoms with Crippen LogP contribution in [0.4, 0.5) is 5.69 Å². The van der Waals surface area contributed by atoms with Crippen LogP contribution in [0.15, 0.2) is 24.3 Å². The van der Waals surface area contributed by atoms with Crippen molar-refractivity contribution in [2.75, 3.05) is 18.9 Å². The lowest BCUT2D eigenvalue weighted by molar-refractivity contribution is -0.118. The van der Waals surface area contributed by atoms with E-state index in [2.05, 4.69) is 16.0 Å². The van der Waals surface area contributed by atoms with Gasteiger partial charge >= 0.3 is 0 Å². The first-order valence-electron chi connectivity index (χ1n) is 6.57. The van der Waals surface area contributed by atoms with Crippen LogP contribution in [0, 0.1) is 0 Å². The van der Waals surface area contributed by atoms with Crippen LogP contribution in [0.5, 0.6) is 0 Å². The zero-order chi connectivity index (χ0) is 13.7. The van der Waals surface area contributed by atoms with Gasteiger partial charge in [-0.1, -0.05) is 12.5 Å². The van der Waals surface area contributed by atoms with E-state index in [1.54, 1.807) is 31.3 Å². The fraction of sp³-hybridized carbons (Fsp3) is 0.429. The average Bonchev–Trinajstić information content (AvgIpc) is 2.47. The van der Waals surface area contributed by atoms with Crippen molar-refractivity contribution in [1.82, 2.24) is 10.6 Å². The SMILES string of the molecule is CNC(=O)c1cccc(NC(=O)[C@@H]2CCCCN2)c1. The van der Waals surface area contributed by atoms with Crippen molar-refractivity contribution in [2.24, 2.45) is 0 Å². The van der Waals surface area contributed by atoms with Gasteiger partial charge in [-0.2, -0.15) is 0 Å². The molecule has 1 heterocycles. The summed E-state index contributed by atoms with van der Waals surface area (Å²) in [5, 5.41) is 8.61. The van der Waals surface area contributed by atoms with E-state index in [0.29, 0.717) is 11.3 Å². The lowest BCUT2D eigenvalue weighted by Gasteiger charge is -2.22. The summed E-state index contributed by atoms with van der Waals surface area (Å²) in [4.78, 5) is 23.6. The fourth-order valence-corrected chi connectivity index (χ4v) is 2.19. The first-order valence-corrected chi connectivity index (χ1v) is 6.57. The summed E-state index contributed by atoms with van der Waals surface area (Å²) in [7, 11) is 1.58. The van der Waals surface area contributed by atoms with E-state index >= 15 is 0 Å². The number of carbonyl (C=O) groups excluding carboxylic acids is 2. The van der Waals surface area contributed by atoms with E-state index in [-0.39, 0.29) is 17.9 Å². The van der Waals surface area contributed by atoms with Crippen LogP contribution >= 0.6 is 0 Å². The van der Waals surface area contributed by atoms with E-state index < -0.39 is 0 Å². The second-order valence-corrected chi connectivity index (χ2v) is 4.65. The number of hydrogen-bond donors (Lipinski definition) is 3. The van der Waals surface area contributed by atoms with Gasteiger partial charge in [0.2, 0.25) is 5.91 Å². The van der Waals surface area contributed by atoms with E-state index in [1.165, 1.54) is 0 Å². The van der Waals surface area contributed by atoms with E-state index in [0.717, 1.165) is 25.8 Å². The summed E-state index contributed by atoms with van der Waals surface area (Å²) in [6, 6.07) is 6.81. The molecule has 2 rings (SSSR count). The van der Waals surface area contributed by atoms with Crippen molar-refractivity contribution in [1.29, 1.82) is 0 Å². The standard InChI is InChI=1S/C14H19N3O2/c1-15-13(18)10-5-4-6-11(9-10)17-14(19)12-7-2-3-8-16-12/h4-6,9,12,16H,2-3,7-8H2,1H3,(H,15,18)(H,17,19)/t12-/m0/s1. The molecule has 0 aromatic heterocycles. The van der Waals surface area contributed by atoms with Crippen LogP contribution in [-0.4, -0.2) is 31.4 Å². The van der Waals surface area contributed by atoms with Crippen LogP contribution in [-0.2, 0) is 4.79 Å². The molecule has 0 saturated carbocycles. The molecule has 1 aliphatic rings. The monoisotopic (exact) mass is 261 g/mol. The fourth-order valence-electron chi connectivity index (χ4n) is 2.19. The molecule has 1 aromatic carbocycles. The number of amides is 2. The maximum atomic E-state index is 12.0. The van der Waals surface area contributed by atoms with Crippen molar-refractivity contribution in [2.45, 2.75) is 25.3 Å². The molecule has 19 heavy (non-hydrogen) atoms. The summed E-state index contributed by atoms with van der Waals surface area (Å²) in [5.74, 6) is -0.194. The quantitative estimate of drug-likeness (QED) is 0.764. The highest BCUT2D eigenvalue weighted by molar-refractivity contribution is 5.98. The number of benzene rings is 1. The molecule has 5 heteroatoms.